The van der Waals surface area contributed by atoms with Gasteiger partial charge in [-0.25, -0.2) is 9.97 Å². The Morgan fingerprint density at radius 3 is 2.44 bits per heavy atom. The minimum absolute atomic E-state index is 0.695. The number of nitrogens with one attached hydrogen (secondary N) is 2. The second-order valence-electron chi connectivity index (χ2n) is 6.32. The number of hydrogen-bond acceptors (Lipinski definition) is 5. The average molecular weight is 383 g/mol. The molecule has 6 heteroatoms. The number of ether oxygens (including phenoxy) is 1. The third-order valence-electron chi connectivity index (χ3n) is 4.09. The van der Waals surface area contributed by atoms with E-state index in [1.54, 1.807) is 7.11 Å². The van der Waals surface area contributed by atoms with Gasteiger partial charge < -0.3 is 15.4 Å². The highest BCUT2D eigenvalue weighted by atomic mass is 35.5. The van der Waals surface area contributed by atoms with Crippen LogP contribution in [-0.2, 0) is 6.42 Å². The van der Waals surface area contributed by atoms with E-state index in [9.17, 15) is 0 Å². The first-order valence-corrected chi connectivity index (χ1v) is 9.17. The molecule has 0 fully saturated rings. The molecular weight excluding hydrogens is 360 g/mol. The largest absolute Gasteiger partial charge is 0.495 e. The van der Waals surface area contributed by atoms with E-state index in [-0.39, 0.29) is 0 Å². The number of aryl methyl sites for hydroxylation is 2. The predicted octanol–water partition coefficient (Wildman–Crippen LogP) is 5.15. The van der Waals surface area contributed by atoms with Gasteiger partial charge in [0.1, 0.15) is 23.2 Å². The zero-order chi connectivity index (χ0) is 19.2. The van der Waals surface area contributed by atoms with Crippen LogP contribution >= 0.6 is 11.6 Å². The van der Waals surface area contributed by atoms with Crippen molar-refractivity contribution in [2.24, 2.45) is 0 Å². The van der Waals surface area contributed by atoms with Gasteiger partial charge in [0.2, 0.25) is 0 Å². The lowest BCUT2D eigenvalue weighted by atomic mass is 10.1. The van der Waals surface area contributed by atoms with Crippen LogP contribution in [0.3, 0.4) is 0 Å². The Balaban J connectivity index is 1.69. The van der Waals surface area contributed by atoms with Crippen molar-refractivity contribution in [2.45, 2.75) is 20.3 Å². The maximum absolute atomic E-state index is 5.93. The standard InChI is InChI=1S/C21H23ClN4O/c1-14-4-9-19(27-3)18(12-14)26-21-13-20(24-15(2)25-21)23-11-10-16-5-7-17(22)8-6-16/h4-9,12-13H,10-11H2,1-3H3,(H2,23,24,25,26). The zero-order valence-electron chi connectivity index (χ0n) is 15.7. The average Bonchev–Trinajstić information content (AvgIpc) is 2.63. The van der Waals surface area contributed by atoms with E-state index < -0.39 is 0 Å². The molecule has 0 aliphatic carbocycles. The van der Waals surface area contributed by atoms with Gasteiger partial charge in [-0.15, -0.1) is 0 Å². The summed E-state index contributed by atoms with van der Waals surface area (Å²) >= 11 is 5.93. The first-order valence-electron chi connectivity index (χ1n) is 8.79. The van der Waals surface area contributed by atoms with E-state index in [2.05, 4.69) is 20.6 Å². The van der Waals surface area contributed by atoms with Gasteiger partial charge in [0, 0.05) is 17.6 Å². The summed E-state index contributed by atoms with van der Waals surface area (Å²) in [5.74, 6) is 2.97. The van der Waals surface area contributed by atoms with Crippen molar-refractivity contribution in [3.8, 4) is 5.75 Å². The number of methoxy groups -OCH3 is 1. The summed E-state index contributed by atoms with van der Waals surface area (Å²) in [5.41, 5.74) is 3.24. The van der Waals surface area contributed by atoms with Gasteiger partial charge in [0.05, 0.1) is 12.8 Å². The van der Waals surface area contributed by atoms with Gasteiger partial charge in [0.15, 0.2) is 0 Å². The third kappa shape index (κ3) is 5.34. The molecule has 0 aliphatic heterocycles. The Morgan fingerprint density at radius 1 is 0.963 bits per heavy atom. The number of anilines is 3. The Kier molecular flexibility index (Phi) is 6.14. The first-order chi connectivity index (χ1) is 13.0. The molecule has 140 valence electrons. The van der Waals surface area contributed by atoms with Gasteiger partial charge in [-0.1, -0.05) is 29.8 Å². The van der Waals surface area contributed by atoms with Gasteiger partial charge in [0.25, 0.3) is 0 Å². The molecule has 0 saturated heterocycles. The molecule has 3 rings (SSSR count). The lowest BCUT2D eigenvalue weighted by molar-refractivity contribution is 0.416. The second kappa shape index (κ2) is 8.73. The molecule has 0 bridgehead atoms. The summed E-state index contributed by atoms with van der Waals surface area (Å²) in [5, 5.41) is 7.44. The summed E-state index contributed by atoms with van der Waals surface area (Å²) in [7, 11) is 1.66. The molecule has 0 unspecified atom stereocenters. The topological polar surface area (TPSA) is 59.1 Å². The van der Waals surface area contributed by atoms with Crippen LogP contribution in [0.2, 0.25) is 5.02 Å². The van der Waals surface area contributed by atoms with Crippen molar-refractivity contribution in [1.29, 1.82) is 0 Å². The molecule has 2 N–H and O–H groups in total. The van der Waals surface area contributed by atoms with Crippen LogP contribution in [0.4, 0.5) is 17.3 Å². The summed E-state index contributed by atoms with van der Waals surface area (Å²) in [6.45, 7) is 4.69. The van der Waals surface area contributed by atoms with Crippen LogP contribution in [0, 0.1) is 13.8 Å². The fourth-order valence-corrected chi connectivity index (χ4v) is 2.89. The Bertz CT molecular complexity index is 913. The van der Waals surface area contributed by atoms with Gasteiger partial charge in [-0.3, -0.25) is 0 Å². The molecule has 0 spiro atoms. The summed E-state index contributed by atoms with van der Waals surface area (Å²) in [6, 6.07) is 15.8. The molecule has 0 atom stereocenters. The van der Waals surface area contributed by atoms with E-state index in [4.69, 9.17) is 16.3 Å². The predicted molar refractivity (Wildman–Crippen MR) is 111 cm³/mol. The van der Waals surface area contributed by atoms with Gasteiger partial charge >= 0.3 is 0 Å². The number of nitrogens with zero attached hydrogens (tertiary/aromatic N) is 2. The van der Waals surface area contributed by atoms with Crippen molar-refractivity contribution in [3.05, 3.63) is 70.5 Å². The highest BCUT2D eigenvalue weighted by Gasteiger charge is 2.07. The second-order valence-corrected chi connectivity index (χ2v) is 6.75. The molecule has 0 saturated carbocycles. The quantitative estimate of drug-likeness (QED) is 0.591. The minimum Gasteiger partial charge on any atom is -0.495 e. The van der Waals surface area contributed by atoms with Crippen LogP contribution < -0.4 is 15.4 Å². The van der Waals surface area contributed by atoms with E-state index in [1.807, 2.05) is 62.4 Å². The van der Waals surface area contributed by atoms with Crippen molar-refractivity contribution < 1.29 is 4.74 Å². The first kappa shape index (κ1) is 19.0. The van der Waals surface area contributed by atoms with Crippen LogP contribution in [-0.4, -0.2) is 23.6 Å². The van der Waals surface area contributed by atoms with E-state index in [0.717, 1.165) is 46.6 Å². The van der Waals surface area contributed by atoms with Crippen molar-refractivity contribution >= 4 is 28.9 Å². The molecule has 2 aromatic carbocycles. The zero-order valence-corrected chi connectivity index (χ0v) is 16.5. The molecule has 5 nitrogen and oxygen atoms in total. The number of halogens is 1. The van der Waals surface area contributed by atoms with Gasteiger partial charge in [-0.05, 0) is 55.7 Å². The maximum atomic E-state index is 5.93. The molecular formula is C21H23ClN4O. The molecule has 1 heterocycles. The molecule has 27 heavy (non-hydrogen) atoms. The maximum Gasteiger partial charge on any atom is 0.142 e. The molecule has 1 aromatic heterocycles. The fourth-order valence-electron chi connectivity index (χ4n) is 2.77. The Labute approximate surface area is 164 Å². The normalized spacial score (nSPS) is 10.5. The number of hydrogen-bond donors (Lipinski definition) is 2. The van der Waals surface area contributed by atoms with Crippen LogP contribution in [0.5, 0.6) is 5.75 Å². The smallest absolute Gasteiger partial charge is 0.142 e. The number of rotatable bonds is 7. The Hall–Kier alpha value is -2.79. The lowest BCUT2D eigenvalue weighted by Crippen LogP contribution is -2.08. The van der Waals surface area contributed by atoms with Crippen LogP contribution in [0.15, 0.2) is 48.5 Å². The summed E-state index contributed by atoms with van der Waals surface area (Å²) < 4.78 is 5.42. The molecule has 0 aliphatic rings. The molecule has 0 amide bonds. The minimum atomic E-state index is 0.695. The highest BCUT2D eigenvalue weighted by Crippen LogP contribution is 2.28. The van der Waals surface area contributed by atoms with Crippen molar-refractivity contribution in [3.63, 3.8) is 0 Å². The van der Waals surface area contributed by atoms with E-state index in [1.165, 1.54) is 5.56 Å². The summed E-state index contributed by atoms with van der Waals surface area (Å²) in [4.78, 5) is 8.94. The van der Waals surface area contributed by atoms with Crippen molar-refractivity contribution in [2.75, 3.05) is 24.3 Å². The van der Waals surface area contributed by atoms with Crippen molar-refractivity contribution in [1.82, 2.24) is 9.97 Å². The molecule has 0 radical (unpaired) electrons. The monoisotopic (exact) mass is 382 g/mol. The van der Waals surface area contributed by atoms with Crippen LogP contribution in [0.25, 0.3) is 0 Å². The van der Waals surface area contributed by atoms with Crippen LogP contribution in [0.1, 0.15) is 17.0 Å². The fraction of sp³-hybridized carbons (Fsp3) is 0.238. The Morgan fingerprint density at radius 2 is 1.70 bits per heavy atom. The number of aromatic nitrogens is 2. The van der Waals surface area contributed by atoms with Gasteiger partial charge in [-0.2, -0.15) is 0 Å². The molecule has 3 aromatic rings. The van der Waals surface area contributed by atoms with E-state index in [0.29, 0.717) is 5.82 Å². The SMILES string of the molecule is COc1ccc(C)cc1Nc1cc(NCCc2ccc(Cl)cc2)nc(C)n1. The van der Waals surface area contributed by atoms with E-state index >= 15 is 0 Å². The summed E-state index contributed by atoms with van der Waals surface area (Å²) in [6.07, 6.45) is 0.884. The highest BCUT2D eigenvalue weighted by molar-refractivity contribution is 6.30. The lowest BCUT2D eigenvalue weighted by Gasteiger charge is -2.13. The third-order valence-corrected chi connectivity index (χ3v) is 4.34. The number of benzene rings is 2.